The first kappa shape index (κ1) is 18.5. The van der Waals surface area contributed by atoms with Gasteiger partial charge in [0.05, 0.1) is 6.54 Å². The van der Waals surface area contributed by atoms with Gasteiger partial charge in [-0.2, -0.15) is 0 Å². The van der Waals surface area contributed by atoms with Gasteiger partial charge in [0.1, 0.15) is 6.04 Å². The average molecular weight is 331 g/mol. The van der Waals surface area contributed by atoms with Crippen LogP contribution in [-0.2, 0) is 9.59 Å². The Morgan fingerprint density at radius 2 is 1.75 bits per heavy atom. The van der Waals surface area contributed by atoms with Crippen LogP contribution in [0, 0.1) is 0 Å². The third kappa shape index (κ3) is 5.06. The van der Waals surface area contributed by atoms with Crippen LogP contribution in [0.5, 0.6) is 0 Å². The molecule has 0 aromatic heterocycles. The summed E-state index contributed by atoms with van der Waals surface area (Å²) in [6.07, 6.45) is 2.11. The summed E-state index contributed by atoms with van der Waals surface area (Å²) >= 11 is 0. The third-order valence-electron chi connectivity index (χ3n) is 4.12. The van der Waals surface area contributed by atoms with Crippen molar-refractivity contribution in [1.29, 1.82) is 0 Å². The highest BCUT2D eigenvalue weighted by atomic mass is 16.2. The van der Waals surface area contributed by atoms with Crippen molar-refractivity contribution in [3.05, 3.63) is 35.9 Å². The van der Waals surface area contributed by atoms with E-state index in [1.807, 2.05) is 68.0 Å². The predicted octanol–water partition coefficient (Wildman–Crippen LogP) is 2.20. The van der Waals surface area contributed by atoms with Crippen molar-refractivity contribution in [3.8, 4) is 0 Å². The van der Waals surface area contributed by atoms with Crippen LogP contribution < -0.4 is 5.32 Å². The second-order valence-electron chi connectivity index (χ2n) is 7.56. The SMILES string of the molecule is CN(CC(=O)NC(C)(C)C)[C@@H](C(=O)N1CCCC1)c1ccccc1. The number of benzene rings is 1. The summed E-state index contributed by atoms with van der Waals surface area (Å²) in [7, 11) is 1.84. The lowest BCUT2D eigenvalue weighted by atomic mass is 10.0. The number of carbonyl (C=O) groups is 2. The summed E-state index contributed by atoms with van der Waals surface area (Å²) in [5, 5.41) is 2.96. The Morgan fingerprint density at radius 1 is 1.17 bits per heavy atom. The molecule has 24 heavy (non-hydrogen) atoms. The van der Waals surface area contributed by atoms with Gasteiger partial charge in [-0.05, 0) is 46.2 Å². The van der Waals surface area contributed by atoms with Crippen molar-refractivity contribution in [3.63, 3.8) is 0 Å². The molecule has 1 saturated heterocycles. The number of carbonyl (C=O) groups excluding carboxylic acids is 2. The quantitative estimate of drug-likeness (QED) is 0.900. The summed E-state index contributed by atoms with van der Waals surface area (Å²) in [6, 6.07) is 9.29. The smallest absolute Gasteiger partial charge is 0.244 e. The second kappa shape index (κ2) is 7.79. The molecule has 1 aliphatic rings. The van der Waals surface area contributed by atoms with E-state index in [4.69, 9.17) is 0 Å². The zero-order valence-corrected chi connectivity index (χ0v) is 15.2. The Labute approximate surface area is 145 Å². The summed E-state index contributed by atoms with van der Waals surface area (Å²) in [6.45, 7) is 7.67. The highest BCUT2D eigenvalue weighted by Gasteiger charge is 2.32. The van der Waals surface area contributed by atoms with Crippen LogP contribution in [0.15, 0.2) is 30.3 Å². The molecule has 0 radical (unpaired) electrons. The van der Waals surface area contributed by atoms with E-state index >= 15 is 0 Å². The van der Waals surface area contributed by atoms with E-state index in [0.717, 1.165) is 31.5 Å². The molecule has 0 spiro atoms. The van der Waals surface area contributed by atoms with Gasteiger partial charge in [0, 0.05) is 18.6 Å². The molecule has 2 rings (SSSR count). The molecule has 0 bridgehead atoms. The maximum atomic E-state index is 13.0. The van der Waals surface area contributed by atoms with Crippen LogP contribution in [0.1, 0.15) is 45.2 Å². The molecule has 0 saturated carbocycles. The molecular formula is C19H29N3O2. The zero-order chi connectivity index (χ0) is 17.7. The normalized spacial score (nSPS) is 16.3. The molecular weight excluding hydrogens is 302 g/mol. The monoisotopic (exact) mass is 331 g/mol. The standard InChI is InChI=1S/C19H29N3O2/c1-19(2,3)20-16(23)14-21(4)17(15-10-6-5-7-11-15)18(24)22-12-8-9-13-22/h5-7,10-11,17H,8-9,12-14H2,1-4H3,(H,20,23)/t17-/m1/s1. The molecule has 0 unspecified atom stereocenters. The highest BCUT2D eigenvalue weighted by molar-refractivity contribution is 5.85. The number of likely N-dealkylation sites (tertiary alicyclic amines) is 1. The number of hydrogen-bond acceptors (Lipinski definition) is 3. The Kier molecular flexibility index (Phi) is 5.99. The van der Waals surface area contributed by atoms with Gasteiger partial charge < -0.3 is 10.2 Å². The van der Waals surface area contributed by atoms with Crippen LogP contribution in [0.25, 0.3) is 0 Å². The Morgan fingerprint density at radius 3 is 2.29 bits per heavy atom. The lowest BCUT2D eigenvalue weighted by Crippen LogP contribution is -2.48. The van der Waals surface area contributed by atoms with Crippen LogP contribution >= 0.6 is 0 Å². The van der Waals surface area contributed by atoms with Gasteiger partial charge >= 0.3 is 0 Å². The van der Waals surface area contributed by atoms with Crippen molar-refractivity contribution in [1.82, 2.24) is 15.1 Å². The molecule has 1 aliphatic heterocycles. The topological polar surface area (TPSA) is 52.7 Å². The van der Waals surface area contributed by atoms with Crippen molar-refractivity contribution in [2.45, 2.75) is 45.2 Å². The average Bonchev–Trinajstić information content (AvgIpc) is 3.00. The lowest BCUT2D eigenvalue weighted by molar-refractivity contribution is -0.136. The number of hydrogen-bond donors (Lipinski definition) is 1. The van der Waals surface area contributed by atoms with Crippen molar-refractivity contribution >= 4 is 11.8 Å². The van der Waals surface area contributed by atoms with E-state index in [1.54, 1.807) is 0 Å². The number of amides is 2. The largest absolute Gasteiger partial charge is 0.350 e. The number of nitrogens with one attached hydrogen (secondary N) is 1. The molecule has 1 aromatic carbocycles. The first-order chi connectivity index (χ1) is 11.3. The first-order valence-electron chi connectivity index (χ1n) is 8.63. The van der Waals surface area contributed by atoms with E-state index in [0.29, 0.717) is 0 Å². The van der Waals surface area contributed by atoms with Crippen LogP contribution in [0.2, 0.25) is 0 Å². The van der Waals surface area contributed by atoms with Crippen LogP contribution in [-0.4, -0.2) is 53.8 Å². The number of nitrogens with zero attached hydrogens (tertiary/aromatic N) is 2. The van der Waals surface area contributed by atoms with Gasteiger partial charge in [-0.15, -0.1) is 0 Å². The maximum absolute atomic E-state index is 13.0. The zero-order valence-electron chi connectivity index (χ0n) is 15.2. The van der Waals surface area contributed by atoms with E-state index < -0.39 is 6.04 Å². The van der Waals surface area contributed by atoms with Gasteiger partial charge in [-0.25, -0.2) is 0 Å². The fourth-order valence-electron chi connectivity index (χ4n) is 3.11. The summed E-state index contributed by atoms with van der Waals surface area (Å²) in [5.41, 5.74) is 0.652. The highest BCUT2D eigenvalue weighted by Crippen LogP contribution is 2.24. The molecule has 0 aliphatic carbocycles. The van der Waals surface area contributed by atoms with Crippen molar-refractivity contribution in [2.24, 2.45) is 0 Å². The third-order valence-corrected chi connectivity index (χ3v) is 4.12. The Hall–Kier alpha value is -1.88. The number of rotatable bonds is 5. The van der Waals surface area contributed by atoms with Crippen molar-refractivity contribution < 1.29 is 9.59 Å². The van der Waals surface area contributed by atoms with E-state index in [9.17, 15) is 9.59 Å². The minimum absolute atomic E-state index is 0.0693. The molecule has 5 heteroatoms. The minimum atomic E-state index is -0.421. The molecule has 1 aromatic rings. The van der Waals surface area contributed by atoms with Gasteiger partial charge in [0.2, 0.25) is 11.8 Å². The molecule has 132 valence electrons. The van der Waals surface area contributed by atoms with Gasteiger partial charge in [0.15, 0.2) is 0 Å². The van der Waals surface area contributed by atoms with E-state index in [-0.39, 0.29) is 23.9 Å². The number of likely N-dealkylation sites (N-methyl/N-ethyl adjacent to an activating group) is 1. The summed E-state index contributed by atoms with van der Waals surface area (Å²) < 4.78 is 0. The van der Waals surface area contributed by atoms with Gasteiger partial charge in [-0.3, -0.25) is 14.5 Å². The van der Waals surface area contributed by atoms with Crippen LogP contribution in [0.3, 0.4) is 0 Å². The van der Waals surface area contributed by atoms with E-state index in [2.05, 4.69) is 5.32 Å². The fourth-order valence-corrected chi connectivity index (χ4v) is 3.11. The molecule has 1 heterocycles. The lowest BCUT2D eigenvalue weighted by Gasteiger charge is -2.31. The summed E-state index contributed by atoms with van der Waals surface area (Å²) in [5.74, 6) is 0.0184. The molecule has 5 nitrogen and oxygen atoms in total. The predicted molar refractivity (Wildman–Crippen MR) is 95.5 cm³/mol. The Balaban J connectivity index is 2.15. The van der Waals surface area contributed by atoms with E-state index in [1.165, 1.54) is 0 Å². The molecule has 2 amide bonds. The van der Waals surface area contributed by atoms with Crippen molar-refractivity contribution in [2.75, 3.05) is 26.7 Å². The van der Waals surface area contributed by atoms with Gasteiger partial charge in [0.25, 0.3) is 0 Å². The van der Waals surface area contributed by atoms with Gasteiger partial charge in [-0.1, -0.05) is 30.3 Å². The fraction of sp³-hybridized carbons (Fsp3) is 0.579. The van der Waals surface area contributed by atoms with Crippen LogP contribution in [0.4, 0.5) is 0 Å². The molecule has 1 fully saturated rings. The second-order valence-corrected chi connectivity index (χ2v) is 7.56. The first-order valence-corrected chi connectivity index (χ1v) is 8.63. The molecule has 1 N–H and O–H groups in total. The molecule has 1 atom stereocenters. The minimum Gasteiger partial charge on any atom is -0.350 e. The maximum Gasteiger partial charge on any atom is 0.244 e. The Bertz CT molecular complexity index is 560. The summed E-state index contributed by atoms with van der Waals surface area (Å²) in [4.78, 5) is 29.0.